The normalized spacial score (nSPS) is 14.5. The Balaban J connectivity index is 1.70. The Bertz CT molecular complexity index is 1810. The van der Waals surface area contributed by atoms with Crippen LogP contribution in [0.2, 0.25) is 5.02 Å². The molecule has 1 aliphatic rings. The van der Waals surface area contributed by atoms with Crippen molar-refractivity contribution in [2.24, 2.45) is 0 Å². The Morgan fingerprint density at radius 1 is 1.07 bits per heavy atom. The summed E-state index contributed by atoms with van der Waals surface area (Å²) in [6, 6.07) is 7.23. The molecule has 4 aromatic rings. The van der Waals surface area contributed by atoms with Crippen LogP contribution in [-0.2, 0) is 6.18 Å². The molecule has 0 unspecified atom stereocenters. The number of nitrogens with one attached hydrogen (secondary N) is 2. The minimum atomic E-state index is -4.98. The maximum Gasteiger partial charge on any atom is 0.416 e. The van der Waals surface area contributed by atoms with Crippen molar-refractivity contribution >= 4 is 29.1 Å². The molecular weight excluding hydrogens is 595 g/mol. The third kappa shape index (κ3) is 5.14. The van der Waals surface area contributed by atoms with E-state index in [9.17, 15) is 45.6 Å². The van der Waals surface area contributed by atoms with Gasteiger partial charge in [-0.2, -0.15) is 37.0 Å². The maximum atomic E-state index is 14.1. The molecule has 0 saturated carbocycles. The van der Waals surface area contributed by atoms with Gasteiger partial charge in [0.2, 0.25) is 0 Å². The number of carbonyl (C=O) groups is 2. The van der Waals surface area contributed by atoms with Crippen molar-refractivity contribution in [2.45, 2.75) is 18.8 Å². The molecular formula is C27H13ClF7N5O2. The lowest BCUT2D eigenvalue weighted by Gasteiger charge is -2.19. The van der Waals surface area contributed by atoms with Crippen molar-refractivity contribution in [1.29, 1.82) is 5.26 Å². The van der Waals surface area contributed by atoms with Gasteiger partial charge in [0.05, 0.1) is 17.8 Å². The predicted octanol–water partition coefficient (Wildman–Crippen LogP) is 6.85. The molecule has 0 saturated heterocycles. The zero-order chi connectivity index (χ0) is 30.5. The molecule has 0 fully saturated rings. The van der Waals surface area contributed by atoms with Crippen LogP contribution < -0.4 is 10.6 Å². The standard InChI is InChI=1S/C27H13ClF7N5O2/c28-19-2-1-14(29)8-16(19)23-22-17(25(42)39-23)5-11(18-10-37-40(26(31)32)21(18)9-36)6-20(22)38-24(41)12-3-13(27(33,34)35)7-15(30)4-12/h1-8,10,23,26H,(H,38,41)(H,39,42)/t23-/m0/s1. The molecule has 1 aliphatic heterocycles. The molecule has 0 aliphatic carbocycles. The van der Waals surface area contributed by atoms with E-state index in [0.29, 0.717) is 12.1 Å². The van der Waals surface area contributed by atoms with E-state index in [4.69, 9.17) is 11.6 Å². The van der Waals surface area contributed by atoms with Gasteiger partial charge in [-0.05, 0) is 54.1 Å². The van der Waals surface area contributed by atoms with Crippen LogP contribution >= 0.6 is 11.6 Å². The zero-order valence-corrected chi connectivity index (χ0v) is 21.3. The quantitative estimate of drug-likeness (QED) is 0.242. The van der Waals surface area contributed by atoms with Crippen LogP contribution in [0.25, 0.3) is 11.1 Å². The molecule has 2 amide bonds. The first-order valence-corrected chi connectivity index (χ1v) is 12.0. The summed E-state index contributed by atoms with van der Waals surface area (Å²) in [6.07, 6.45) is -4.06. The van der Waals surface area contributed by atoms with Crippen LogP contribution in [0.3, 0.4) is 0 Å². The van der Waals surface area contributed by atoms with Gasteiger partial charge in [-0.15, -0.1) is 0 Å². The SMILES string of the molecule is N#Cc1c(-c2cc(NC(=O)c3cc(F)cc(C(F)(F)F)c3)c3c(c2)C(=O)N[C@H]3c2cc(F)ccc2Cl)cnn1C(F)F. The molecule has 214 valence electrons. The Morgan fingerprint density at radius 3 is 2.48 bits per heavy atom. The van der Waals surface area contributed by atoms with Crippen molar-refractivity contribution in [3.05, 3.63) is 105 Å². The molecule has 15 heteroatoms. The van der Waals surface area contributed by atoms with E-state index in [0.717, 1.165) is 24.4 Å². The van der Waals surface area contributed by atoms with Crippen LogP contribution in [0.1, 0.15) is 55.7 Å². The van der Waals surface area contributed by atoms with Gasteiger partial charge in [0.25, 0.3) is 11.8 Å². The highest BCUT2D eigenvalue weighted by molar-refractivity contribution is 6.31. The number of nitriles is 1. The van der Waals surface area contributed by atoms with E-state index < -0.39 is 59.0 Å². The molecule has 1 aromatic heterocycles. The molecule has 7 nitrogen and oxygen atoms in total. The Kier molecular flexibility index (Phi) is 7.15. The smallest absolute Gasteiger partial charge is 0.341 e. The van der Waals surface area contributed by atoms with Crippen molar-refractivity contribution in [3.8, 4) is 17.2 Å². The van der Waals surface area contributed by atoms with Gasteiger partial charge in [-0.25, -0.2) is 8.78 Å². The summed E-state index contributed by atoms with van der Waals surface area (Å²) in [7, 11) is 0. The summed E-state index contributed by atoms with van der Waals surface area (Å²) in [5.74, 6) is -4.07. The van der Waals surface area contributed by atoms with Crippen LogP contribution in [0.5, 0.6) is 0 Å². The van der Waals surface area contributed by atoms with E-state index in [1.54, 1.807) is 6.07 Å². The number of rotatable bonds is 5. The number of benzene rings is 3. The third-order valence-electron chi connectivity index (χ3n) is 6.39. The summed E-state index contributed by atoms with van der Waals surface area (Å²) in [4.78, 5) is 26.2. The van der Waals surface area contributed by atoms with E-state index in [1.165, 1.54) is 12.1 Å². The topological polar surface area (TPSA) is 99.8 Å². The first-order chi connectivity index (χ1) is 19.8. The monoisotopic (exact) mass is 607 g/mol. The Morgan fingerprint density at radius 2 is 1.81 bits per heavy atom. The van der Waals surface area contributed by atoms with Crippen LogP contribution in [0, 0.1) is 23.0 Å². The van der Waals surface area contributed by atoms with Gasteiger partial charge in [0.15, 0.2) is 5.69 Å². The first-order valence-electron chi connectivity index (χ1n) is 11.7. The van der Waals surface area contributed by atoms with Gasteiger partial charge < -0.3 is 10.6 Å². The van der Waals surface area contributed by atoms with Crippen molar-refractivity contribution < 1.29 is 40.3 Å². The summed E-state index contributed by atoms with van der Waals surface area (Å²) in [6.45, 7) is -3.19. The minimum absolute atomic E-state index is 0.00296. The fourth-order valence-electron chi connectivity index (χ4n) is 4.57. The van der Waals surface area contributed by atoms with Crippen molar-refractivity contribution in [2.75, 3.05) is 5.32 Å². The van der Waals surface area contributed by atoms with E-state index in [1.807, 2.05) is 0 Å². The average molecular weight is 608 g/mol. The molecule has 2 heterocycles. The number of anilines is 1. The highest BCUT2D eigenvalue weighted by atomic mass is 35.5. The summed E-state index contributed by atoms with van der Waals surface area (Å²) in [5, 5.41) is 17.9. The first kappa shape index (κ1) is 28.6. The summed E-state index contributed by atoms with van der Waals surface area (Å²) >= 11 is 6.25. The number of alkyl halides is 5. The number of aromatic nitrogens is 2. The molecule has 0 radical (unpaired) electrons. The molecule has 1 atom stereocenters. The largest absolute Gasteiger partial charge is 0.416 e. The fraction of sp³-hybridized carbons (Fsp3) is 0.111. The number of hydrogen-bond acceptors (Lipinski definition) is 4. The lowest BCUT2D eigenvalue weighted by atomic mass is 9.92. The number of amides is 2. The predicted molar refractivity (Wildman–Crippen MR) is 134 cm³/mol. The molecule has 5 rings (SSSR count). The van der Waals surface area contributed by atoms with E-state index in [-0.39, 0.29) is 49.3 Å². The number of halogens is 8. The molecule has 42 heavy (non-hydrogen) atoms. The Labute approximate surface area is 236 Å². The minimum Gasteiger partial charge on any atom is -0.341 e. The second-order valence-electron chi connectivity index (χ2n) is 8.98. The number of carbonyl (C=O) groups excluding carboxylic acids is 2. The highest BCUT2D eigenvalue weighted by Crippen LogP contribution is 2.42. The van der Waals surface area contributed by atoms with Gasteiger partial charge >= 0.3 is 12.7 Å². The van der Waals surface area contributed by atoms with Crippen molar-refractivity contribution in [3.63, 3.8) is 0 Å². The van der Waals surface area contributed by atoms with Gasteiger partial charge in [0, 0.05) is 38.5 Å². The number of fused-ring (bicyclic) bond motifs is 1. The number of nitrogens with zero attached hydrogens (tertiary/aromatic N) is 3. The number of hydrogen-bond donors (Lipinski definition) is 2. The fourth-order valence-corrected chi connectivity index (χ4v) is 4.80. The van der Waals surface area contributed by atoms with Gasteiger partial charge in [0.1, 0.15) is 17.7 Å². The lowest BCUT2D eigenvalue weighted by Crippen LogP contribution is -2.21. The van der Waals surface area contributed by atoms with E-state index in [2.05, 4.69) is 15.7 Å². The Hall–Kier alpha value is -4.90. The second kappa shape index (κ2) is 10.5. The molecule has 3 aromatic carbocycles. The van der Waals surface area contributed by atoms with Gasteiger partial charge in [-0.3, -0.25) is 9.59 Å². The highest BCUT2D eigenvalue weighted by Gasteiger charge is 2.36. The van der Waals surface area contributed by atoms with Gasteiger partial charge in [-0.1, -0.05) is 11.6 Å². The van der Waals surface area contributed by atoms with Crippen LogP contribution in [0.15, 0.2) is 54.7 Å². The van der Waals surface area contributed by atoms with Crippen LogP contribution in [-0.4, -0.2) is 21.6 Å². The van der Waals surface area contributed by atoms with Crippen molar-refractivity contribution in [1.82, 2.24) is 15.1 Å². The third-order valence-corrected chi connectivity index (χ3v) is 6.73. The lowest BCUT2D eigenvalue weighted by molar-refractivity contribution is -0.137. The zero-order valence-electron chi connectivity index (χ0n) is 20.5. The summed E-state index contributed by atoms with van der Waals surface area (Å²) < 4.78 is 94.9. The average Bonchev–Trinajstić information content (AvgIpc) is 3.50. The second-order valence-corrected chi connectivity index (χ2v) is 9.39. The molecule has 0 spiro atoms. The van der Waals surface area contributed by atoms with E-state index >= 15 is 0 Å². The summed E-state index contributed by atoms with van der Waals surface area (Å²) in [5.41, 5.74) is -3.33. The molecule has 2 N–H and O–H groups in total. The maximum absolute atomic E-state index is 14.1. The molecule has 0 bridgehead atoms. The van der Waals surface area contributed by atoms with Crippen LogP contribution in [0.4, 0.5) is 36.4 Å².